The first-order valence-corrected chi connectivity index (χ1v) is 9.62. The molecule has 7 nitrogen and oxygen atoms in total. The van der Waals surface area contributed by atoms with E-state index in [1.807, 2.05) is 54.6 Å². The molecule has 0 fully saturated rings. The summed E-state index contributed by atoms with van der Waals surface area (Å²) in [6.45, 7) is 0. The standard InChI is InChI=1S/C24H21N5O2/c1-31-22-9-5-2-6-18(22)21-14-23(27-15-26-21)28-19-7-3-4-8-20(19)29-24(30)16-10-12-17(25)13-11-16/h2-15H,25H2,1H3,(H,29,30)(H,26,27,28). The molecule has 0 bridgehead atoms. The van der Waals surface area contributed by atoms with Gasteiger partial charge in [0.1, 0.15) is 17.9 Å². The van der Waals surface area contributed by atoms with Crippen LogP contribution in [0.3, 0.4) is 0 Å². The fourth-order valence-corrected chi connectivity index (χ4v) is 3.10. The highest BCUT2D eigenvalue weighted by Crippen LogP contribution is 2.30. The SMILES string of the molecule is COc1ccccc1-c1cc(Nc2ccccc2NC(=O)c2ccc(N)cc2)ncn1. The highest BCUT2D eigenvalue weighted by atomic mass is 16.5. The van der Waals surface area contributed by atoms with Crippen LogP contribution in [0.2, 0.25) is 0 Å². The van der Waals surface area contributed by atoms with Crippen molar-refractivity contribution < 1.29 is 9.53 Å². The second kappa shape index (κ2) is 8.96. The molecule has 31 heavy (non-hydrogen) atoms. The number of ether oxygens (including phenoxy) is 1. The largest absolute Gasteiger partial charge is 0.496 e. The van der Waals surface area contributed by atoms with E-state index in [2.05, 4.69) is 20.6 Å². The summed E-state index contributed by atoms with van der Waals surface area (Å²) in [6.07, 6.45) is 1.49. The van der Waals surface area contributed by atoms with Crippen LogP contribution in [-0.4, -0.2) is 23.0 Å². The summed E-state index contributed by atoms with van der Waals surface area (Å²) in [4.78, 5) is 21.3. The number of methoxy groups -OCH3 is 1. The van der Waals surface area contributed by atoms with Crippen LogP contribution in [0.1, 0.15) is 10.4 Å². The van der Waals surface area contributed by atoms with Crippen molar-refractivity contribution in [1.29, 1.82) is 0 Å². The van der Waals surface area contributed by atoms with Crippen molar-refractivity contribution in [3.8, 4) is 17.0 Å². The van der Waals surface area contributed by atoms with Gasteiger partial charge in [-0.1, -0.05) is 24.3 Å². The molecule has 1 heterocycles. The molecule has 0 unspecified atom stereocenters. The van der Waals surface area contributed by atoms with Crippen molar-refractivity contribution >= 4 is 28.8 Å². The molecule has 7 heteroatoms. The second-order valence-corrected chi connectivity index (χ2v) is 6.74. The number of carbonyl (C=O) groups excluding carboxylic acids is 1. The van der Waals surface area contributed by atoms with Crippen LogP contribution < -0.4 is 21.1 Å². The Kier molecular flexibility index (Phi) is 5.75. The van der Waals surface area contributed by atoms with Crippen LogP contribution in [0.5, 0.6) is 5.75 Å². The highest BCUT2D eigenvalue weighted by Gasteiger charge is 2.11. The van der Waals surface area contributed by atoms with Gasteiger partial charge in [-0.2, -0.15) is 0 Å². The number of rotatable bonds is 6. The first-order chi connectivity index (χ1) is 15.1. The number of amides is 1. The summed E-state index contributed by atoms with van der Waals surface area (Å²) in [6, 6.07) is 23.7. The van der Waals surface area contributed by atoms with Gasteiger partial charge in [-0.15, -0.1) is 0 Å². The lowest BCUT2D eigenvalue weighted by Crippen LogP contribution is -2.13. The van der Waals surface area contributed by atoms with Crippen LogP contribution in [-0.2, 0) is 0 Å². The zero-order chi connectivity index (χ0) is 21.6. The molecule has 0 saturated heterocycles. The monoisotopic (exact) mass is 411 g/mol. The third-order valence-electron chi connectivity index (χ3n) is 4.66. The molecule has 0 aliphatic rings. The Labute approximate surface area is 179 Å². The molecule has 4 aromatic rings. The molecule has 0 radical (unpaired) electrons. The zero-order valence-electron chi connectivity index (χ0n) is 16.9. The maximum absolute atomic E-state index is 12.6. The molecule has 154 valence electrons. The minimum absolute atomic E-state index is 0.230. The Hall–Kier alpha value is -4.39. The minimum Gasteiger partial charge on any atom is -0.496 e. The van der Waals surface area contributed by atoms with Gasteiger partial charge in [0.15, 0.2) is 0 Å². The number of carbonyl (C=O) groups is 1. The van der Waals surface area contributed by atoms with Gasteiger partial charge in [0, 0.05) is 22.9 Å². The second-order valence-electron chi connectivity index (χ2n) is 6.74. The van der Waals surface area contributed by atoms with Crippen LogP contribution >= 0.6 is 0 Å². The number of hydrogen-bond donors (Lipinski definition) is 3. The number of anilines is 4. The summed E-state index contributed by atoms with van der Waals surface area (Å²) in [7, 11) is 1.62. The lowest BCUT2D eigenvalue weighted by Gasteiger charge is -2.13. The number of para-hydroxylation sites is 3. The molecule has 0 aliphatic carbocycles. The normalized spacial score (nSPS) is 10.4. The number of nitrogens with zero attached hydrogens (tertiary/aromatic N) is 2. The number of nitrogens with one attached hydrogen (secondary N) is 2. The van der Waals surface area contributed by atoms with Gasteiger partial charge in [0.25, 0.3) is 5.91 Å². The highest BCUT2D eigenvalue weighted by molar-refractivity contribution is 6.06. The van der Waals surface area contributed by atoms with Crippen LogP contribution in [0.15, 0.2) is 85.2 Å². The molecular formula is C24H21N5O2. The van der Waals surface area contributed by atoms with Crippen molar-refractivity contribution in [3.63, 3.8) is 0 Å². The molecule has 4 N–H and O–H groups in total. The number of hydrogen-bond acceptors (Lipinski definition) is 6. The van der Waals surface area contributed by atoms with Crippen molar-refractivity contribution in [2.75, 3.05) is 23.5 Å². The fourth-order valence-electron chi connectivity index (χ4n) is 3.10. The third-order valence-corrected chi connectivity index (χ3v) is 4.66. The summed E-state index contributed by atoms with van der Waals surface area (Å²) < 4.78 is 5.43. The van der Waals surface area contributed by atoms with Crippen molar-refractivity contribution in [3.05, 3.63) is 90.8 Å². The van der Waals surface area contributed by atoms with Crippen LogP contribution in [0.4, 0.5) is 22.9 Å². The average Bonchev–Trinajstić information content (AvgIpc) is 2.81. The van der Waals surface area contributed by atoms with E-state index in [9.17, 15) is 4.79 Å². The number of nitrogens with two attached hydrogens (primary N) is 1. The maximum Gasteiger partial charge on any atom is 0.255 e. The average molecular weight is 411 g/mol. The summed E-state index contributed by atoms with van der Waals surface area (Å²) in [5.41, 5.74) is 9.74. The molecule has 1 amide bonds. The van der Waals surface area contributed by atoms with Gasteiger partial charge in [-0.3, -0.25) is 4.79 Å². The van der Waals surface area contributed by atoms with Gasteiger partial charge < -0.3 is 21.1 Å². The quantitative estimate of drug-likeness (QED) is 0.397. The van der Waals surface area contributed by atoms with E-state index in [4.69, 9.17) is 10.5 Å². The Morgan fingerprint density at radius 3 is 2.39 bits per heavy atom. The number of benzene rings is 3. The lowest BCUT2D eigenvalue weighted by atomic mass is 10.1. The fraction of sp³-hybridized carbons (Fsp3) is 0.0417. The lowest BCUT2D eigenvalue weighted by molar-refractivity contribution is 0.102. The smallest absolute Gasteiger partial charge is 0.255 e. The van der Waals surface area contributed by atoms with E-state index in [1.165, 1.54) is 6.33 Å². The minimum atomic E-state index is -0.230. The predicted octanol–water partition coefficient (Wildman–Crippen LogP) is 4.73. The van der Waals surface area contributed by atoms with E-state index >= 15 is 0 Å². The molecule has 0 saturated carbocycles. The van der Waals surface area contributed by atoms with E-state index < -0.39 is 0 Å². The third kappa shape index (κ3) is 4.62. The van der Waals surface area contributed by atoms with E-state index in [1.54, 1.807) is 31.4 Å². The number of aromatic nitrogens is 2. The predicted molar refractivity (Wildman–Crippen MR) is 123 cm³/mol. The molecule has 1 aromatic heterocycles. The Morgan fingerprint density at radius 2 is 1.61 bits per heavy atom. The van der Waals surface area contributed by atoms with Gasteiger partial charge >= 0.3 is 0 Å². The molecular weight excluding hydrogens is 390 g/mol. The number of nitrogen functional groups attached to an aromatic ring is 1. The van der Waals surface area contributed by atoms with Crippen LogP contribution in [0, 0.1) is 0 Å². The van der Waals surface area contributed by atoms with Crippen molar-refractivity contribution in [1.82, 2.24) is 9.97 Å². The summed E-state index contributed by atoms with van der Waals surface area (Å²) >= 11 is 0. The zero-order valence-corrected chi connectivity index (χ0v) is 16.9. The maximum atomic E-state index is 12.6. The molecule has 0 aliphatic heterocycles. The van der Waals surface area contributed by atoms with Gasteiger partial charge in [0.2, 0.25) is 0 Å². The van der Waals surface area contributed by atoms with Gasteiger partial charge in [0.05, 0.1) is 24.2 Å². The molecule has 4 rings (SSSR count). The Balaban J connectivity index is 1.58. The van der Waals surface area contributed by atoms with Gasteiger partial charge in [-0.05, 0) is 48.5 Å². The van der Waals surface area contributed by atoms with Crippen molar-refractivity contribution in [2.45, 2.75) is 0 Å². The van der Waals surface area contributed by atoms with E-state index in [0.717, 1.165) is 17.0 Å². The topological polar surface area (TPSA) is 102 Å². The Morgan fingerprint density at radius 1 is 0.903 bits per heavy atom. The van der Waals surface area contributed by atoms with E-state index in [-0.39, 0.29) is 5.91 Å². The molecule has 3 aromatic carbocycles. The molecule has 0 spiro atoms. The first-order valence-electron chi connectivity index (χ1n) is 9.62. The molecule has 0 atom stereocenters. The van der Waals surface area contributed by atoms with Crippen LogP contribution in [0.25, 0.3) is 11.3 Å². The Bertz CT molecular complexity index is 1210. The summed E-state index contributed by atoms with van der Waals surface area (Å²) in [5, 5.41) is 6.18. The summed E-state index contributed by atoms with van der Waals surface area (Å²) in [5.74, 6) is 1.08. The van der Waals surface area contributed by atoms with Gasteiger partial charge in [-0.25, -0.2) is 9.97 Å². The first kappa shape index (κ1) is 19.9. The van der Waals surface area contributed by atoms with Crippen molar-refractivity contribution in [2.24, 2.45) is 0 Å². The van der Waals surface area contributed by atoms with E-state index in [0.29, 0.717) is 28.4 Å².